The third kappa shape index (κ3) is 9.26. The molecule has 8 heteroatoms. The second-order valence-electron chi connectivity index (χ2n) is 9.95. The summed E-state index contributed by atoms with van der Waals surface area (Å²) in [5.41, 5.74) is 1.02. The third-order valence-corrected chi connectivity index (χ3v) is 6.95. The standard InChI is InChI=1S/C21H33N5O.C4H8O.C2H6.HI/c1-3-25-14-18-9-10-19(15-25)26(18)21-22-11-16(12-23-21)13-24(2)20(27)17-7-5-4-6-8-17;1-4(2)3-5;1-2;/h11-12,17-19H,3-10,13-15H2,1-2H3;3-4H,1-2H3;1-2H3;1H. The van der Waals surface area contributed by atoms with Gasteiger partial charge in [0.1, 0.15) is 6.29 Å². The summed E-state index contributed by atoms with van der Waals surface area (Å²) in [7, 11) is 1.91. The van der Waals surface area contributed by atoms with E-state index in [-0.39, 0.29) is 41.7 Å². The van der Waals surface area contributed by atoms with Crippen molar-refractivity contribution in [2.24, 2.45) is 11.8 Å². The van der Waals surface area contributed by atoms with E-state index in [2.05, 4.69) is 26.7 Å². The van der Waals surface area contributed by atoms with Gasteiger partial charge >= 0.3 is 0 Å². The second-order valence-corrected chi connectivity index (χ2v) is 9.95. The molecule has 0 aromatic carbocycles. The Labute approximate surface area is 230 Å². The number of aromatic nitrogens is 2. The van der Waals surface area contributed by atoms with Gasteiger partial charge in [0, 0.05) is 68.6 Å². The van der Waals surface area contributed by atoms with Crippen molar-refractivity contribution >= 4 is 42.1 Å². The van der Waals surface area contributed by atoms with Crippen LogP contribution in [0.15, 0.2) is 12.4 Å². The van der Waals surface area contributed by atoms with Gasteiger partial charge in [-0.05, 0) is 32.2 Å². The normalized spacial score (nSPS) is 21.7. The number of likely N-dealkylation sites (N-methyl/N-ethyl adjacent to an activating group) is 1. The number of carbonyl (C=O) groups excluding carboxylic acids is 2. The summed E-state index contributed by atoms with van der Waals surface area (Å²) in [6.07, 6.45) is 13.0. The zero-order valence-electron chi connectivity index (χ0n) is 22.8. The van der Waals surface area contributed by atoms with Crippen LogP contribution in [-0.2, 0) is 16.1 Å². The van der Waals surface area contributed by atoms with Crippen LogP contribution in [0.3, 0.4) is 0 Å². The minimum absolute atomic E-state index is 0. The number of hydrogen-bond donors (Lipinski definition) is 0. The molecule has 1 saturated carbocycles. The van der Waals surface area contributed by atoms with E-state index in [4.69, 9.17) is 0 Å². The predicted octanol–water partition coefficient (Wildman–Crippen LogP) is 5.17. The molecule has 4 rings (SSSR count). The van der Waals surface area contributed by atoms with E-state index in [1.165, 1.54) is 32.1 Å². The Kier molecular flexibility index (Phi) is 14.9. The number of likely N-dealkylation sites (tertiary alicyclic amines) is 1. The minimum atomic E-state index is 0. The number of hydrogen-bond acceptors (Lipinski definition) is 6. The number of piperazine rings is 1. The van der Waals surface area contributed by atoms with Crippen molar-refractivity contribution in [3.63, 3.8) is 0 Å². The molecule has 7 nitrogen and oxygen atoms in total. The first-order valence-electron chi connectivity index (χ1n) is 13.4. The molecule has 2 atom stereocenters. The lowest BCUT2D eigenvalue weighted by Gasteiger charge is -2.40. The van der Waals surface area contributed by atoms with E-state index in [0.29, 0.717) is 18.6 Å². The van der Waals surface area contributed by atoms with Crippen LogP contribution in [0, 0.1) is 11.8 Å². The highest BCUT2D eigenvalue weighted by Gasteiger charge is 2.40. The van der Waals surface area contributed by atoms with Crippen LogP contribution >= 0.6 is 24.0 Å². The van der Waals surface area contributed by atoms with E-state index >= 15 is 0 Å². The molecule has 1 aromatic rings. The van der Waals surface area contributed by atoms with E-state index in [1.54, 1.807) is 0 Å². The topological polar surface area (TPSA) is 69.6 Å². The predicted molar refractivity (Wildman–Crippen MR) is 154 cm³/mol. The van der Waals surface area contributed by atoms with Crippen molar-refractivity contribution in [2.45, 2.75) is 98.2 Å². The number of nitrogens with zero attached hydrogens (tertiary/aromatic N) is 5. The number of amides is 1. The third-order valence-electron chi connectivity index (χ3n) is 6.95. The number of carbonyl (C=O) groups is 2. The number of rotatable bonds is 6. The summed E-state index contributed by atoms with van der Waals surface area (Å²) in [4.78, 5) is 38.3. The van der Waals surface area contributed by atoms with Gasteiger partial charge < -0.3 is 14.6 Å². The maximum atomic E-state index is 12.6. The van der Waals surface area contributed by atoms with Crippen LogP contribution in [0.2, 0.25) is 0 Å². The van der Waals surface area contributed by atoms with Crippen molar-refractivity contribution in [3.05, 3.63) is 18.0 Å². The summed E-state index contributed by atoms with van der Waals surface area (Å²) < 4.78 is 0. The van der Waals surface area contributed by atoms with Gasteiger partial charge in [-0.2, -0.15) is 0 Å². The molecule has 2 saturated heterocycles. The molecule has 3 heterocycles. The average Bonchev–Trinajstić information content (AvgIpc) is 3.15. The fraction of sp³-hybridized carbons (Fsp3) is 0.778. The Hall–Kier alpha value is -1.29. The van der Waals surface area contributed by atoms with Crippen LogP contribution in [0.25, 0.3) is 0 Å². The van der Waals surface area contributed by atoms with Gasteiger partial charge in [0.05, 0.1) is 0 Å². The Bertz CT molecular complexity index is 726. The van der Waals surface area contributed by atoms with Crippen LogP contribution in [0.4, 0.5) is 5.95 Å². The van der Waals surface area contributed by atoms with Gasteiger partial charge in [-0.3, -0.25) is 9.69 Å². The monoisotopic (exact) mass is 601 g/mol. The average molecular weight is 602 g/mol. The van der Waals surface area contributed by atoms with E-state index in [0.717, 1.165) is 50.3 Å². The van der Waals surface area contributed by atoms with Gasteiger partial charge in [-0.25, -0.2) is 9.97 Å². The quantitative estimate of drug-likeness (QED) is 0.331. The molecule has 3 aliphatic rings. The molecule has 2 aliphatic heterocycles. The molecular weight excluding hydrogens is 553 g/mol. The molecule has 0 N–H and O–H groups in total. The van der Waals surface area contributed by atoms with Crippen LogP contribution in [0.5, 0.6) is 0 Å². The lowest BCUT2D eigenvalue weighted by atomic mass is 9.88. The summed E-state index contributed by atoms with van der Waals surface area (Å²) in [5.74, 6) is 1.57. The fourth-order valence-electron chi connectivity index (χ4n) is 5.15. The van der Waals surface area contributed by atoms with Crippen LogP contribution < -0.4 is 4.90 Å². The Morgan fingerprint density at radius 2 is 1.57 bits per heavy atom. The molecule has 0 radical (unpaired) electrons. The lowest BCUT2D eigenvalue weighted by Crippen LogP contribution is -2.54. The zero-order chi connectivity index (χ0) is 25.1. The Balaban J connectivity index is 0.000000685. The summed E-state index contributed by atoms with van der Waals surface area (Å²) in [6, 6.07) is 1.09. The Morgan fingerprint density at radius 3 is 2.03 bits per heavy atom. The summed E-state index contributed by atoms with van der Waals surface area (Å²) >= 11 is 0. The molecule has 0 spiro atoms. The van der Waals surface area contributed by atoms with Crippen molar-refractivity contribution < 1.29 is 9.59 Å². The minimum Gasteiger partial charge on any atom is -0.341 e. The Morgan fingerprint density at radius 1 is 1.06 bits per heavy atom. The van der Waals surface area contributed by atoms with Gasteiger partial charge in [-0.1, -0.05) is 53.9 Å². The largest absolute Gasteiger partial charge is 0.341 e. The number of aldehydes is 1. The maximum Gasteiger partial charge on any atom is 0.225 e. The van der Waals surface area contributed by atoms with Gasteiger partial charge in [0.15, 0.2) is 0 Å². The van der Waals surface area contributed by atoms with E-state index in [1.807, 2.05) is 52.0 Å². The summed E-state index contributed by atoms with van der Waals surface area (Å²) in [5, 5.41) is 0. The number of halogens is 1. The summed E-state index contributed by atoms with van der Waals surface area (Å²) in [6.45, 7) is 13.9. The van der Waals surface area contributed by atoms with Gasteiger partial charge in [-0.15, -0.1) is 24.0 Å². The lowest BCUT2D eigenvalue weighted by molar-refractivity contribution is -0.135. The SMILES string of the molecule is CC.CC(C)C=O.CCN1CC2CCC(C1)N2c1ncc(CN(C)C(=O)C2CCCCC2)cn1.I. The smallest absolute Gasteiger partial charge is 0.225 e. The molecule has 35 heavy (non-hydrogen) atoms. The molecule has 3 fully saturated rings. The van der Waals surface area contributed by atoms with Gasteiger partial charge in [0.25, 0.3) is 0 Å². The highest BCUT2D eigenvalue weighted by atomic mass is 127. The highest BCUT2D eigenvalue weighted by Crippen LogP contribution is 2.32. The number of fused-ring (bicyclic) bond motifs is 2. The molecule has 1 aliphatic carbocycles. The zero-order valence-corrected chi connectivity index (χ0v) is 25.1. The number of anilines is 1. The van der Waals surface area contributed by atoms with Crippen LogP contribution in [-0.4, -0.2) is 70.7 Å². The van der Waals surface area contributed by atoms with Crippen molar-refractivity contribution in [1.82, 2.24) is 19.8 Å². The molecule has 2 bridgehead atoms. The van der Waals surface area contributed by atoms with Crippen LogP contribution in [0.1, 0.15) is 85.1 Å². The van der Waals surface area contributed by atoms with Gasteiger partial charge in [0.2, 0.25) is 11.9 Å². The first-order chi connectivity index (χ1) is 16.4. The first-order valence-corrected chi connectivity index (χ1v) is 13.4. The first kappa shape index (κ1) is 31.7. The van der Waals surface area contributed by atoms with Crippen molar-refractivity contribution in [3.8, 4) is 0 Å². The van der Waals surface area contributed by atoms with E-state index in [9.17, 15) is 9.59 Å². The second kappa shape index (κ2) is 16.5. The maximum absolute atomic E-state index is 12.6. The molecule has 1 amide bonds. The van der Waals surface area contributed by atoms with Crippen molar-refractivity contribution in [1.29, 1.82) is 0 Å². The van der Waals surface area contributed by atoms with E-state index < -0.39 is 0 Å². The molecule has 1 aromatic heterocycles. The molecule has 2 unspecified atom stereocenters. The highest BCUT2D eigenvalue weighted by molar-refractivity contribution is 14.0. The fourth-order valence-corrected chi connectivity index (χ4v) is 5.15. The van der Waals surface area contributed by atoms with Crippen molar-refractivity contribution in [2.75, 3.05) is 31.6 Å². The molecular formula is C27H48IN5O2. The molecule has 200 valence electrons.